The van der Waals surface area contributed by atoms with Crippen LogP contribution in [0.4, 0.5) is 17.1 Å². The van der Waals surface area contributed by atoms with Crippen molar-refractivity contribution in [2.24, 2.45) is 16.0 Å². The molecule has 0 bridgehead atoms. The highest BCUT2D eigenvalue weighted by Gasteiger charge is 2.27. The molecule has 0 aromatic heterocycles. The average Bonchev–Trinajstić information content (AvgIpc) is 2.86. The fraction of sp³-hybridized carbons (Fsp3) is 0.0455. The molecule has 0 fully saturated rings. The summed E-state index contributed by atoms with van der Waals surface area (Å²) in [6, 6.07) is 26.8. The van der Waals surface area contributed by atoms with Crippen molar-refractivity contribution in [1.82, 2.24) is 0 Å². The lowest BCUT2D eigenvalue weighted by Crippen LogP contribution is -2.30. The zero-order valence-corrected chi connectivity index (χ0v) is 14.5. The molecule has 1 unspecified atom stereocenters. The van der Waals surface area contributed by atoms with E-state index < -0.39 is 5.92 Å². The van der Waals surface area contributed by atoms with Crippen LogP contribution in [0.25, 0.3) is 0 Å². The van der Waals surface area contributed by atoms with Gasteiger partial charge in [-0.2, -0.15) is 5.10 Å². The molecule has 0 saturated carbocycles. The van der Waals surface area contributed by atoms with E-state index in [2.05, 4.69) is 15.8 Å². The Balaban J connectivity index is 1.71. The predicted octanol–water partition coefficient (Wildman–Crippen LogP) is 4.47. The van der Waals surface area contributed by atoms with Gasteiger partial charge in [-0.15, -0.1) is 0 Å². The summed E-state index contributed by atoms with van der Waals surface area (Å²) in [5.74, 6) is -0.780. The van der Waals surface area contributed by atoms with Crippen LogP contribution in [-0.2, 0) is 4.79 Å². The summed E-state index contributed by atoms with van der Waals surface area (Å²) in [5.41, 5.74) is 6.79. The first kappa shape index (κ1) is 16.7. The van der Waals surface area contributed by atoms with Crippen molar-refractivity contribution in [3.05, 3.63) is 90.5 Å². The third-order valence-electron chi connectivity index (χ3n) is 4.24. The van der Waals surface area contributed by atoms with Crippen LogP contribution in [0.3, 0.4) is 0 Å². The van der Waals surface area contributed by atoms with Crippen LogP contribution in [0.1, 0.15) is 5.56 Å². The molecule has 1 heterocycles. The van der Waals surface area contributed by atoms with Crippen molar-refractivity contribution >= 4 is 34.9 Å². The Morgan fingerprint density at radius 1 is 0.889 bits per heavy atom. The molecule has 0 spiro atoms. The number of hydrogen-bond donors (Lipinski definition) is 2. The predicted molar refractivity (Wildman–Crippen MR) is 110 cm³/mol. The molecule has 3 aromatic rings. The normalized spacial score (nSPS) is 16.2. The number of carbonyl (C=O) groups excluding carboxylic acids is 1. The molecule has 5 nitrogen and oxygen atoms in total. The number of hydrogen-bond acceptors (Lipinski definition) is 4. The molecule has 132 valence electrons. The van der Waals surface area contributed by atoms with Gasteiger partial charge in [0.1, 0.15) is 5.92 Å². The second-order valence-electron chi connectivity index (χ2n) is 6.10. The SMILES string of the molecule is O=C1Nc2ccccc2N=C(c2ccccc2)C1C=NNc1ccccc1. The van der Waals surface area contributed by atoms with Crippen LogP contribution < -0.4 is 10.7 Å². The highest BCUT2D eigenvalue weighted by Crippen LogP contribution is 2.30. The number of amides is 1. The van der Waals surface area contributed by atoms with Crippen molar-refractivity contribution < 1.29 is 4.79 Å². The topological polar surface area (TPSA) is 65.8 Å². The third-order valence-corrected chi connectivity index (χ3v) is 4.24. The number of para-hydroxylation sites is 3. The minimum absolute atomic E-state index is 0.166. The Kier molecular flexibility index (Phi) is 4.74. The molecule has 2 N–H and O–H groups in total. The van der Waals surface area contributed by atoms with Gasteiger partial charge >= 0.3 is 0 Å². The maximum atomic E-state index is 12.9. The van der Waals surface area contributed by atoms with E-state index in [0.29, 0.717) is 11.4 Å². The number of hydrazone groups is 1. The first-order valence-electron chi connectivity index (χ1n) is 8.69. The second kappa shape index (κ2) is 7.66. The van der Waals surface area contributed by atoms with Gasteiger partial charge in [0.05, 0.1) is 22.8 Å². The first-order chi connectivity index (χ1) is 13.3. The Bertz CT molecular complexity index is 997. The summed E-state index contributed by atoms with van der Waals surface area (Å²) < 4.78 is 0. The molecule has 4 rings (SSSR count). The second-order valence-corrected chi connectivity index (χ2v) is 6.10. The molecule has 1 amide bonds. The fourth-order valence-corrected chi connectivity index (χ4v) is 2.90. The Morgan fingerprint density at radius 3 is 2.33 bits per heavy atom. The third kappa shape index (κ3) is 3.77. The number of nitrogens with zero attached hydrogens (tertiary/aromatic N) is 2. The smallest absolute Gasteiger partial charge is 0.239 e. The van der Waals surface area contributed by atoms with Crippen LogP contribution in [0.15, 0.2) is 95.0 Å². The monoisotopic (exact) mass is 354 g/mol. The molecule has 3 aromatic carbocycles. The van der Waals surface area contributed by atoms with Crippen molar-refractivity contribution in [3.63, 3.8) is 0 Å². The quantitative estimate of drug-likeness (QED) is 0.536. The van der Waals surface area contributed by atoms with Gasteiger partial charge in [-0.1, -0.05) is 60.7 Å². The van der Waals surface area contributed by atoms with Crippen LogP contribution in [0.2, 0.25) is 0 Å². The number of rotatable bonds is 4. The molecule has 1 aliphatic rings. The summed E-state index contributed by atoms with van der Waals surface area (Å²) in [6.45, 7) is 0. The number of fused-ring (bicyclic) bond motifs is 1. The maximum Gasteiger partial charge on any atom is 0.239 e. The lowest BCUT2D eigenvalue weighted by atomic mass is 9.97. The number of nitrogens with one attached hydrogen (secondary N) is 2. The standard InChI is InChI=1S/C22H18N4O/c27-22-18(15-23-26-17-11-5-2-6-12-17)21(16-9-3-1-4-10-16)24-19-13-7-8-14-20(19)25-22/h1-15,18,26H,(H,25,27). The van der Waals surface area contributed by atoms with Crippen LogP contribution >= 0.6 is 0 Å². The summed E-state index contributed by atoms with van der Waals surface area (Å²) in [4.78, 5) is 17.7. The van der Waals surface area contributed by atoms with E-state index >= 15 is 0 Å². The molecule has 0 radical (unpaired) electrons. The Labute approximate surface area is 157 Å². The van der Waals surface area contributed by atoms with Crippen molar-refractivity contribution in [3.8, 4) is 0 Å². The molecule has 1 aliphatic heterocycles. The largest absolute Gasteiger partial charge is 0.323 e. The number of aliphatic imine (C=N–C) groups is 1. The van der Waals surface area contributed by atoms with Gasteiger partial charge in [0.15, 0.2) is 0 Å². The van der Waals surface area contributed by atoms with Crippen LogP contribution in [0.5, 0.6) is 0 Å². The van der Waals surface area contributed by atoms with Gasteiger partial charge in [-0.05, 0) is 29.8 Å². The van der Waals surface area contributed by atoms with E-state index in [0.717, 1.165) is 16.9 Å². The van der Waals surface area contributed by atoms with E-state index in [1.165, 1.54) is 0 Å². The Morgan fingerprint density at radius 2 is 1.56 bits per heavy atom. The molecule has 5 heteroatoms. The van der Waals surface area contributed by atoms with Crippen molar-refractivity contribution in [2.45, 2.75) is 0 Å². The molecule has 0 aliphatic carbocycles. The molecular formula is C22H18N4O. The van der Waals surface area contributed by atoms with Gasteiger partial charge in [-0.25, -0.2) is 4.99 Å². The van der Waals surface area contributed by atoms with E-state index in [4.69, 9.17) is 4.99 Å². The number of carbonyl (C=O) groups is 1. The van der Waals surface area contributed by atoms with Gasteiger partial charge in [0.2, 0.25) is 5.91 Å². The number of anilines is 2. The van der Waals surface area contributed by atoms with Gasteiger partial charge in [-0.3, -0.25) is 10.2 Å². The summed E-state index contributed by atoms with van der Waals surface area (Å²) >= 11 is 0. The van der Waals surface area contributed by atoms with Crippen molar-refractivity contribution in [1.29, 1.82) is 0 Å². The summed E-state index contributed by atoms with van der Waals surface area (Å²) in [7, 11) is 0. The molecule has 1 atom stereocenters. The fourth-order valence-electron chi connectivity index (χ4n) is 2.90. The van der Waals surface area contributed by atoms with E-state index in [9.17, 15) is 4.79 Å². The average molecular weight is 354 g/mol. The highest BCUT2D eigenvalue weighted by atomic mass is 16.1. The van der Waals surface area contributed by atoms with Crippen molar-refractivity contribution in [2.75, 3.05) is 10.7 Å². The molecular weight excluding hydrogens is 336 g/mol. The van der Waals surface area contributed by atoms with Crippen LogP contribution in [0, 0.1) is 5.92 Å². The lowest BCUT2D eigenvalue weighted by molar-refractivity contribution is -0.116. The summed E-state index contributed by atoms with van der Waals surface area (Å²) in [6.07, 6.45) is 1.60. The number of benzene rings is 3. The van der Waals surface area contributed by atoms with E-state index in [1.54, 1.807) is 6.21 Å². The van der Waals surface area contributed by atoms with Gasteiger partial charge in [0, 0.05) is 6.21 Å². The lowest BCUT2D eigenvalue weighted by Gasteiger charge is -2.12. The Hall–Kier alpha value is -3.73. The summed E-state index contributed by atoms with van der Waals surface area (Å²) in [5, 5.41) is 7.23. The van der Waals surface area contributed by atoms with Gasteiger partial charge < -0.3 is 5.32 Å². The first-order valence-corrected chi connectivity index (χ1v) is 8.69. The zero-order valence-electron chi connectivity index (χ0n) is 14.5. The van der Waals surface area contributed by atoms with Gasteiger partial charge in [0.25, 0.3) is 0 Å². The van der Waals surface area contributed by atoms with E-state index in [1.807, 2.05) is 84.9 Å². The van der Waals surface area contributed by atoms with E-state index in [-0.39, 0.29) is 5.91 Å². The highest BCUT2D eigenvalue weighted by molar-refractivity contribution is 6.26. The minimum Gasteiger partial charge on any atom is -0.323 e. The van der Waals surface area contributed by atoms with Crippen LogP contribution in [-0.4, -0.2) is 17.8 Å². The molecule has 0 saturated heterocycles. The molecule has 27 heavy (non-hydrogen) atoms. The zero-order chi connectivity index (χ0) is 18.5. The maximum absolute atomic E-state index is 12.9. The minimum atomic E-state index is -0.615.